The Balaban J connectivity index is 2.35. The first-order valence-corrected chi connectivity index (χ1v) is 7.29. The SMILES string of the molecule is CCC1CCN(c2cc(C)c(F)cc2C(C)NC)C1. The predicted molar refractivity (Wildman–Crippen MR) is 79.2 cm³/mol. The summed E-state index contributed by atoms with van der Waals surface area (Å²) in [6.07, 6.45) is 2.48. The molecule has 2 atom stereocenters. The molecule has 1 aromatic carbocycles. The average Bonchev–Trinajstić information content (AvgIpc) is 2.89. The largest absolute Gasteiger partial charge is 0.371 e. The van der Waals surface area contributed by atoms with Gasteiger partial charge in [0.15, 0.2) is 0 Å². The lowest BCUT2D eigenvalue weighted by Crippen LogP contribution is -2.24. The van der Waals surface area contributed by atoms with Crippen LogP contribution in [0, 0.1) is 18.7 Å². The molecule has 1 saturated heterocycles. The van der Waals surface area contributed by atoms with Crippen molar-refractivity contribution in [3.63, 3.8) is 0 Å². The zero-order valence-corrected chi connectivity index (χ0v) is 12.5. The number of benzene rings is 1. The van der Waals surface area contributed by atoms with Gasteiger partial charge < -0.3 is 10.2 Å². The van der Waals surface area contributed by atoms with E-state index in [2.05, 4.69) is 24.1 Å². The molecule has 0 bridgehead atoms. The molecule has 19 heavy (non-hydrogen) atoms. The maximum Gasteiger partial charge on any atom is 0.126 e. The minimum absolute atomic E-state index is 0.105. The van der Waals surface area contributed by atoms with Gasteiger partial charge in [0.1, 0.15) is 5.82 Å². The Hall–Kier alpha value is -1.09. The fraction of sp³-hybridized carbons (Fsp3) is 0.625. The highest BCUT2D eigenvalue weighted by molar-refractivity contribution is 5.57. The van der Waals surface area contributed by atoms with Gasteiger partial charge in [-0.3, -0.25) is 0 Å². The lowest BCUT2D eigenvalue weighted by Gasteiger charge is -2.25. The zero-order valence-electron chi connectivity index (χ0n) is 12.5. The van der Waals surface area contributed by atoms with Gasteiger partial charge in [-0.2, -0.15) is 0 Å². The summed E-state index contributed by atoms with van der Waals surface area (Å²) >= 11 is 0. The van der Waals surface area contributed by atoms with E-state index < -0.39 is 0 Å². The molecule has 0 aromatic heterocycles. The van der Waals surface area contributed by atoms with E-state index in [9.17, 15) is 4.39 Å². The van der Waals surface area contributed by atoms with Gasteiger partial charge in [0.25, 0.3) is 0 Å². The third-order valence-corrected chi connectivity index (χ3v) is 4.41. The number of nitrogens with zero attached hydrogens (tertiary/aromatic N) is 1. The number of hydrogen-bond acceptors (Lipinski definition) is 2. The molecule has 0 aliphatic carbocycles. The maximum absolute atomic E-state index is 13.8. The Kier molecular flexibility index (Phi) is 4.46. The normalized spacial score (nSPS) is 20.9. The van der Waals surface area contributed by atoms with E-state index in [-0.39, 0.29) is 11.9 Å². The van der Waals surface area contributed by atoms with Crippen LogP contribution in [0.1, 0.15) is 43.9 Å². The summed E-state index contributed by atoms with van der Waals surface area (Å²) in [4.78, 5) is 2.42. The highest BCUT2D eigenvalue weighted by atomic mass is 19.1. The summed E-state index contributed by atoms with van der Waals surface area (Å²) in [6, 6.07) is 3.88. The van der Waals surface area contributed by atoms with Crippen molar-refractivity contribution in [1.82, 2.24) is 5.32 Å². The van der Waals surface area contributed by atoms with Crippen LogP contribution in [-0.2, 0) is 0 Å². The number of rotatable bonds is 4. The minimum Gasteiger partial charge on any atom is -0.371 e. The molecule has 2 rings (SSSR count). The van der Waals surface area contributed by atoms with Gasteiger partial charge in [-0.05, 0) is 56.5 Å². The quantitative estimate of drug-likeness (QED) is 0.893. The third kappa shape index (κ3) is 2.92. The summed E-state index contributed by atoms with van der Waals surface area (Å²) in [5.41, 5.74) is 3.01. The topological polar surface area (TPSA) is 15.3 Å². The number of nitrogens with one attached hydrogen (secondary N) is 1. The molecule has 1 heterocycles. The Morgan fingerprint density at radius 3 is 2.79 bits per heavy atom. The van der Waals surface area contributed by atoms with E-state index >= 15 is 0 Å². The van der Waals surface area contributed by atoms with Crippen molar-refractivity contribution in [1.29, 1.82) is 0 Å². The van der Waals surface area contributed by atoms with Crippen LogP contribution in [0.3, 0.4) is 0 Å². The smallest absolute Gasteiger partial charge is 0.126 e. The van der Waals surface area contributed by atoms with Crippen molar-refractivity contribution in [2.24, 2.45) is 5.92 Å². The first-order valence-electron chi connectivity index (χ1n) is 7.29. The van der Waals surface area contributed by atoms with E-state index in [1.54, 1.807) is 6.07 Å². The fourth-order valence-corrected chi connectivity index (χ4v) is 2.84. The summed E-state index contributed by atoms with van der Waals surface area (Å²) in [5.74, 6) is 0.676. The Morgan fingerprint density at radius 2 is 2.21 bits per heavy atom. The van der Waals surface area contributed by atoms with Gasteiger partial charge in [0.05, 0.1) is 0 Å². The molecule has 1 fully saturated rings. The number of aryl methyl sites for hydroxylation is 1. The van der Waals surface area contributed by atoms with Crippen molar-refractivity contribution < 1.29 is 4.39 Å². The van der Waals surface area contributed by atoms with Crippen LogP contribution in [0.5, 0.6) is 0 Å². The average molecular weight is 264 g/mol. The second-order valence-electron chi connectivity index (χ2n) is 5.68. The first-order chi connectivity index (χ1) is 9.06. The Labute approximate surface area is 116 Å². The molecule has 0 amide bonds. The molecule has 2 unspecified atom stereocenters. The molecule has 2 nitrogen and oxygen atoms in total. The Morgan fingerprint density at radius 1 is 1.47 bits per heavy atom. The lowest BCUT2D eigenvalue weighted by atomic mass is 10.0. The highest BCUT2D eigenvalue weighted by Gasteiger charge is 2.24. The molecule has 1 N–H and O–H groups in total. The van der Waals surface area contributed by atoms with Crippen LogP contribution in [-0.4, -0.2) is 20.1 Å². The van der Waals surface area contributed by atoms with E-state index in [4.69, 9.17) is 0 Å². The van der Waals surface area contributed by atoms with Gasteiger partial charge >= 0.3 is 0 Å². The molecule has 106 valence electrons. The molecule has 1 aliphatic rings. The van der Waals surface area contributed by atoms with Gasteiger partial charge in [-0.15, -0.1) is 0 Å². The van der Waals surface area contributed by atoms with Gasteiger partial charge in [0.2, 0.25) is 0 Å². The Bertz CT molecular complexity index is 445. The molecular formula is C16H25FN2. The van der Waals surface area contributed by atoms with Crippen LogP contribution in [0.4, 0.5) is 10.1 Å². The van der Waals surface area contributed by atoms with Crippen LogP contribution in [0.2, 0.25) is 0 Å². The summed E-state index contributed by atoms with van der Waals surface area (Å²) in [5, 5.41) is 3.22. The van der Waals surface area contributed by atoms with Crippen LogP contribution in [0.15, 0.2) is 12.1 Å². The number of hydrogen-bond donors (Lipinski definition) is 1. The van der Waals surface area contributed by atoms with Crippen molar-refractivity contribution >= 4 is 5.69 Å². The molecule has 1 aliphatic heterocycles. The van der Waals surface area contributed by atoms with Gasteiger partial charge in [-0.1, -0.05) is 13.3 Å². The van der Waals surface area contributed by atoms with E-state index in [0.717, 1.165) is 30.1 Å². The van der Waals surface area contributed by atoms with Gasteiger partial charge in [0, 0.05) is 24.8 Å². The van der Waals surface area contributed by atoms with Crippen LogP contribution >= 0.6 is 0 Å². The number of anilines is 1. The van der Waals surface area contributed by atoms with Crippen LogP contribution in [0.25, 0.3) is 0 Å². The first kappa shape index (κ1) is 14.3. The highest BCUT2D eigenvalue weighted by Crippen LogP contribution is 2.33. The maximum atomic E-state index is 13.8. The van der Waals surface area contributed by atoms with Crippen molar-refractivity contribution in [2.45, 2.75) is 39.7 Å². The minimum atomic E-state index is -0.105. The second-order valence-corrected chi connectivity index (χ2v) is 5.68. The zero-order chi connectivity index (χ0) is 14.0. The van der Waals surface area contributed by atoms with Crippen LogP contribution < -0.4 is 10.2 Å². The third-order valence-electron chi connectivity index (χ3n) is 4.41. The molecule has 1 aromatic rings. The van der Waals surface area contributed by atoms with Crippen molar-refractivity contribution in [2.75, 3.05) is 25.0 Å². The standard InChI is InChI=1S/C16H25FN2/c1-5-13-6-7-19(10-13)16-8-11(2)15(17)9-14(16)12(3)18-4/h8-9,12-13,18H,5-7,10H2,1-4H3. The van der Waals surface area contributed by atoms with E-state index in [1.807, 2.05) is 20.0 Å². The van der Waals surface area contributed by atoms with E-state index in [0.29, 0.717) is 0 Å². The van der Waals surface area contributed by atoms with Crippen molar-refractivity contribution in [3.05, 3.63) is 29.1 Å². The van der Waals surface area contributed by atoms with Gasteiger partial charge in [-0.25, -0.2) is 4.39 Å². The van der Waals surface area contributed by atoms with E-state index in [1.165, 1.54) is 18.5 Å². The summed E-state index contributed by atoms with van der Waals surface area (Å²) in [7, 11) is 1.92. The number of halogens is 1. The van der Waals surface area contributed by atoms with Crippen molar-refractivity contribution in [3.8, 4) is 0 Å². The molecule has 3 heteroatoms. The molecular weight excluding hydrogens is 239 g/mol. The summed E-state index contributed by atoms with van der Waals surface area (Å²) < 4.78 is 13.8. The molecule has 0 spiro atoms. The monoisotopic (exact) mass is 264 g/mol. The molecule has 0 saturated carbocycles. The summed E-state index contributed by atoms with van der Waals surface area (Å²) in [6.45, 7) is 8.38. The second kappa shape index (κ2) is 5.91. The predicted octanol–water partition coefficient (Wildman–Crippen LogP) is 3.65. The fourth-order valence-electron chi connectivity index (χ4n) is 2.84. The molecule has 0 radical (unpaired) electrons. The lowest BCUT2D eigenvalue weighted by molar-refractivity contribution is 0.568.